The first-order valence-electron chi connectivity index (χ1n) is 12.1. The van der Waals surface area contributed by atoms with Gasteiger partial charge in [-0.25, -0.2) is 13.5 Å². The van der Waals surface area contributed by atoms with Gasteiger partial charge < -0.3 is 14.4 Å². The van der Waals surface area contributed by atoms with E-state index in [2.05, 4.69) is 16.3 Å². The number of halogens is 2. The zero-order valence-electron chi connectivity index (χ0n) is 22.3. The summed E-state index contributed by atoms with van der Waals surface area (Å²) in [6, 6.07) is 8.58. The van der Waals surface area contributed by atoms with E-state index in [1.54, 1.807) is 37.3 Å². The van der Waals surface area contributed by atoms with E-state index in [9.17, 15) is 18.8 Å². The molecule has 9 nitrogen and oxygen atoms in total. The molecule has 0 saturated carbocycles. The summed E-state index contributed by atoms with van der Waals surface area (Å²) in [6.45, 7) is 5.66. The fourth-order valence-electron chi connectivity index (χ4n) is 4.49. The van der Waals surface area contributed by atoms with E-state index in [4.69, 9.17) is 9.47 Å². The molecule has 0 radical (unpaired) electrons. The highest BCUT2D eigenvalue weighted by Gasteiger charge is 2.35. The largest absolute Gasteiger partial charge is 0.496 e. The van der Waals surface area contributed by atoms with Gasteiger partial charge in [0.05, 0.1) is 24.1 Å². The quantitative estimate of drug-likeness (QED) is 0.372. The number of nitrogens with zero attached hydrogens (tertiary/aromatic N) is 6. The predicted octanol–water partition coefficient (Wildman–Crippen LogP) is 4.86. The van der Waals surface area contributed by atoms with Gasteiger partial charge in [0.15, 0.2) is 5.69 Å². The Bertz CT molecular complexity index is 1660. The number of rotatable bonds is 4. The number of carbonyl (C=O) groups excluding carboxylic acids is 1. The van der Waals surface area contributed by atoms with Crippen LogP contribution in [0, 0.1) is 23.0 Å². The van der Waals surface area contributed by atoms with Crippen molar-refractivity contribution in [3.05, 3.63) is 65.0 Å². The van der Waals surface area contributed by atoms with E-state index in [0.717, 1.165) is 18.2 Å². The number of hydrogen-bond acceptors (Lipinski definition) is 6. The van der Waals surface area contributed by atoms with E-state index >= 15 is 0 Å². The molecule has 11 heteroatoms. The van der Waals surface area contributed by atoms with Crippen LogP contribution in [0.1, 0.15) is 42.4 Å². The average Bonchev–Trinajstić information content (AvgIpc) is 3.46. The van der Waals surface area contributed by atoms with Gasteiger partial charge in [0, 0.05) is 54.7 Å². The monoisotopic (exact) mass is 532 g/mol. The third kappa shape index (κ3) is 4.37. The Balaban J connectivity index is 1.81. The SMILES string of the molecule is COc1cc2c(cc1-c1nn(C)cc1C#N)-c1c(c(C(=O)N(C)C(C)(C)C)nn1-c1cc(F)cc(F)c1)CO2. The molecule has 39 heavy (non-hydrogen) atoms. The lowest BCUT2D eigenvalue weighted by Crippen LogP contribution is -2.43. The molecule has 4 aromatic rings. The van der Waals surface area contributed by atoms with Crippen LogP contribution in [0.3, 0.4) is 0 Å². The Hall–Kier alpha value is -4.72. The number of amides is 1. The van der Waals surface area contributed by atoms with Crippen LogP contribution in [0.15, 0.2) is 36.5 Å². The van der Waals surface area contributed by atoms with Crippen LogP contribution in [0.25, 0.3) is 28.2 Å². The van der Waals surface area contributed by atoms with Gasteiger partial charge in [0.25, 0.3) is 5.91 Å². The maximum absolute atomic E-state index is 14.3. The number of benzene rings is 2. The third-order valence-electron chi connectivity index (χ3n) is 6.72. The number of aromatic nitrogens is 4. The molecule has 0 atom stereocenters. The minimum Gasteiger partial charge on any atom is -0.496 e. The number of aryl methyl sites for hydroxylation is 1. The maximum atomic E-state index is 14.3. The second-order valence-electron chi connectivity index (χ2n) is 10.3. The Morgan fingerprint density at radius 2 is 1.82 bits per heavy atom. The van der Waals surface area contributed by atoms with Crippen molar-refractivity contribution in [2.24, 2.45) is 7.05 Å². The first-order chi connectivity index (χ1) is 18.4. The van der Waals surface area contributed by atoms with Gasteiger partial charge in [-0.05, 0) is 39.0 Å². The zero-order valence-corrected chi connectivity index (χ0v) is 22.3. The number of fused-ring (bicyclic) bond motifs is 3. The Kier molecular flexibility index (Phi) is 6.13. The van der Waals surface area contributed by atoms with Crippen LogP contribution in [-0.2, 0) is 13.7 Å². The highest BCUT2D eigenvalue weighted by atomic mass is 19.1. The van der Waals surface area contributed by atoms with E-state index in [1.807, 2.05) is 20.8 Å². The van der Waals surface area contributed by atoms with Crippen LogP contribution in [0.5, 0.6) is 11.5 Å². The molecule has 1 amide bonds. The molecule has 3 heterocycles. The summed E-state index contributed by atoms with van der Waals surface area (Å²) in [5.41, 5.74) is 2.30. The number of ether oxygens (including phenoxy) is 2. The molecule has 0 spiro atoms. The van der Waals surface area contributed by atoms with Crippen molar-refractivity contribution in [3.63, 3.8) is 0 Å². The number of nitriles is 1. The average molecular weight is 533 g/mol. The summed E-state index contributed by atoms with van der Waals surface area (Å²) in [7, 11) is 4.86. The summed E-state index contributed by atoms with van der Waals surface area (Å²) < 4.78 is 43.2. The first kappa shape index (κ1) is 25.9. The molecule has 0 aliphatic carbocycles. The van der Waals surface area contributed by atoms with Crippen LogP contribution >= 0.6 is 0 Å². The lowest BCUT2D eigenvalue weighted by molar-refractivity contribution is 0.0646. The summed E-state index contributed by atoms with van der Waals surface area (Å²) in [4.78, 5) is 15.2. The van der Waals surface area contributed by atoms with Crippen molar-refractivity contribution in [1.29, 1.82) is 5.26 Å². The van der Waals surface area contributed by atoms with Crippen molar-refractivity contribution in [2.45, 2.75) is 32.9 Å². The van der Waals surface area contributed by atoms with E-state index in [-0.39, 0.29) is 23.9 Å². The Labute approximate surface area is 223 Å². The van der Waals surface area contributed by atoms with Gasteiger partial charge >= 0.3 is 0 Å². The number of hydrogen-bond donors (Lipinski definition) is 0. The van der Waals surface area contributed by atoms with Crippen molar-refractivity contribution in [3.8, 4) is 45.8 Å². The van der Waals surface area contributed by atoms with Gasteiger partial charge in [-0.2, -0.15) is 15.5 Å². The molecule has 2 aromatic carbocycles. The maximum Gasteiger partial charge on any atom is 0.274 e. The highest BCUT2D eigenvalue weighted by molar-refractivity contribution is 5.97. The molecule has 0 saturated heterocycles. The Morgan fingerprint density at radius 1 is 1.13 bits per heavy atom. The molecule has 1 aliphatic heterocycles. The minimum atomic E-state index is -0.788. The molecular weight excluding hydrogens is 506 g/mol. The van der Waals surface area contributed by atoms with Gasteiger partial charge in [-0.15, -0.1) is 0 Å². The standard InChI is InChI=1S/C28H26F2N6O3/c1-28(2,3)35(5)27(37)25-21-14-39-23-11-22(38-6)19(24-15(12-31)13-34(4)32-24)10-20(23)26(21)36(33-25)18-8-16(29)7-17(30)9-18/h7-11,13H,14H2,1-6H3. The molecule has 2 aromatic heterocycles. The molecular formula is C28H26F2N6O3. The molecule has 0 fully saturated rings. The number of methoxy groups -OCH3 is 1. The Morgan fingerprint density at radius 3 is 2.44 bits per heavy atom. The normalized spacial score (nSPS) is 12.3. The van der Waals surface area contributed by atoms with Gasteiger partial charge in [0.1, 0.15) is 41.5 Å². The fourth-order valence-corrected chi connectivity index (χ4v) is 4.49. The summed E-state index contributed by atoms with van der Waals surface area (Å²) in [5, 5.41) is 18.7. The zero-order chi connectivity index (χ0) is 28.2. The van der Waals surface area contributed by atoms with Crippen LogP contribution in [-0.4, -0.2) is 50.1 Å². The third-order valence-corrected chi connectivity index (χ3v) is 6.72. The van der Waals surface area contributed by atoms with Gasteiger partial charge in [-0.3, -0.25) is 9.48 Å². The lowest BCUT2D eigenvalue weighted by Gasteiger charge is -2.31. The summed E-state index contributed by atoms with van der Waals surface area (Å²) in [6.07, 6.45) is 1.59. The molecule has 1 aliphatic rings. The van der Waals surface area contributed by atoms with Gasteiger partial charge in [-0.1, -0.05) is 0 Å². The van der Waals surface area contributed by atoms with Crippen molar-refractivity contribution in [1.82, 2.24) is 24.5 Å². The molecule has 0 N–H and O–H groups in total. The fraction of sp³-hybridized carbons (Fsp3) is 0.286. The van der Waals surface area contributed by atoms with Crippen LogP contribution in [0.4, 0.5) is 8.78 Å². The minimum absolute atomic E-state index is 0.00524. The van der Waals surface area contributed by atoms with Crippen molar-refractivity contribution >= 4 is 5.91 Å². The predicted molar refractivity (Wildman–Crippen MR) is 139 cm³/mol. The highest BCUT2D eigenvalue weighted by Crippen LogP contribution is 2.46. The van der Waals surface area contributed by atoms with Crippen molar-refractivity contribution < 1.29 is 23.0 Å². The van der Waals surface area contributed by atoms with Crippen LogP contribution < -0.4 is 9.47 Å². The molecule has 0 unspecified atom stereocenters. The molecule has 200 valence electrons. The second-order valence-corrected chi connectivity index (χ2v) is 10.3. The summed E-state index contributed by atoms with van der Waals surface area (Å²) >= 11 is 0. The second kappa shape index (κ2) is 9.23. The summed E-state index contributed by atoms with van der Waals surface area (Å²) in [5.74, 6) is -1.11. The van der Waals surface area contributed by atoms with E-state index < -0.39 is 17.2 Å². The first-order valence-corrected chi connectivity index (χ1v) is 12.1. The molecule has 5 rings (SSSR count). The smallest absolute Gasteiger partial charge is 0.274 e. The molecule has 0 bridgehead atoms. The number of carbonyl (C=O) groups is 1. The topological polar surface area (TPSA) is 98.2 Å². The van der Waals surface area contributed by atoms with Gasteiger partial charge in [0.2, 0.25) is 0 Å². The van der Waals surface area contributed by atoms with E-state index in [1.165, 1.54) is 16.5 Å². The van der Waals surface area contributed by atoms with Crippen LogP contribution in [0.2, 0.25) is 0 Å². The lowest BCUT2D eigenvalue weighted by atomic mass is 9.96. The van der Waals surface area contributed by atoms with Crippen molar-refractivity contribution in [2.75, 3.05) is 14.2 Å². The van der Waals surface area contributed by atoms with E-state index in [0.29, 0.717) is 45.1 Å².